The van der Waals surface area contributed by atoms with Crippen molar-refractivity contribution in [3.63, 3.8) is 0 Å². The molecule has 1 heterocycles. The number of allylic oxidation sites excluding steroid dienone is 1. The molecule has 1 nitrogen and oxygen atoms in total. The molecule has 0 saturated carbocycles. The van der Waals surface area contributed by atoms with Gasteiger partial charge in [-0.2, -0.15) is 0 Å². The smallest absolute Gasteiger partial charge is 0.00115 e. The van der Waals surface area contributed by atoms with E-state index in [0.29, 0.717) is 0 Å². The third-order valence-electron chi connectivity index (χ3n) is 3.99. The zero-order chi connectivity index (χ0) is 12.9. The van der Waals surface area contributed by atoms with Crippen molar-refractivity contribution in [3.8, 4) is 0 Å². The Morgan fingerprint density at radius 3 is 2.00 bits per heavy atom. The molecule has 1 aliphatic heterocycles. The zero-order valence-electron chi connectivity index (χ0n) is 12.5. The van der Waals surface area contributed by atoms with E-state index in [9.17, 15) is 0 Å². The van der Waals surface area contributed by atoms with Gasteiger partial charge in [0.25, 0.3) is 0 Å². The Bertz CT molecular complexity index is 200. The average Bonchev–Trinajstić information content (AvgIpc) is 2.42. The fourth-order valence-electron chi connectivity index (χ4n) is 2.71. The summed E-state index contributed by atoms with van der Waals surface area (Å²) in [5.74, 6) is 0. The van der Waals surface area contributed by atoms with Crippen LogP contribution in [0.5, 0.6) is 0 Å². The van der Waals surface area contributed by atoms with Gasteiger partial charge in [-0.3, -0.25) is 0 Å². The second kappa shape index (κ2) is 11.8. The van der Waals surface area contributed by atoms with Gasteiger partial charge >= 0.3 is 0 Å². The van der Waals surface area contributed by atoms with Crippen molar-refractivity contribution in [2.24, 2.45) is 0 Å². The molecule has 0 aromatic carbocycles. The Labute approximate surface area is 114 Å². The van der Waals surface area contributed by atoms with Crippen molar-refractivity contribution >= 4 is 0 Å². The first-order valence-corrected chi connectivity index (χ1v) is 8.32. The predicted octanol–water partition coefficient (Wildman–Crippen LogP) is 5.22. The minimum atomic E-state index is 1.20. The summed E-state index contributed by atoms with van der Waals surface area (Å²) in [6.07, 6.45) is 19.4. The van der Waals surface area contributed by atoms with Crippen molar-refractivity contribution < 1.29 is 0 Å². The van der Waals surface area contributed by atoms with Gasteiger partial charge in [-0.1, -0.05) is 69.9 Å². The van der Waals surface area contributed by atoms with Gasteiger partial charge in [0, 0.05) is 0 Å². The van der Waals surface area contributed by atoms with Crippen LogP contribution in [0.2, 0.25) is 0 Å². The number of rotatable bonds is 10. The summed E-state index contributed by atoms with van der Waals surface area (Å²) in [7, 11) is 0. The maximum atomic E-state index is 3.41. The van der Waals surface area contributed by atoms with Crippen LogP contribution in [0.1, 0.15) is 84.0 Å². The lowest BCUT2D eigenvalue weighted by atomic mass is 10.0. The molecule has 0 radical (unpaired) electrons. The lowest BCUT2D eigenvalue weighted by Crippen LogP contribution is -2.22. The highest BCUT2D eigenvalue weighted by Crippen LogP contribution is 2.14. The van der Waals surface area contributed by atoms with Crippen molar-refractivity contribution in [2.75, 3.05) is 13.1 Å². The maximum Gasteiger partial charge on any atom is -0.00115 e. The highest BCUT2D eigenvalue weighted by molar-refractivity contribution is 5.05. The van der Waals surface area contributed by atoms with Crippen LogP contribution in [0.3, 0.4) is 0 Å². The fraction of sp³-hybridized carbons (Fsp3) is 0.882. The second-order valence-electron chi connectivity index (χ2n) is 5.73. The molecule has 18 heavy (non-hydrogen) atoms. The summed E-state index contributed by atoms with van der Waals surface area (Å²) in [6, 6.07) is 0. The highest BCUT2D eigenvalue weighted by Gasteiger charge is 2.02. The predicted molar refractivity (Wildman–Crippen MR) is 82.0 cm³/mol. The molecule has 0 aliphatic carbocycles. The normalized spacial score (nSPS) is 15.9. The van der Waals surface area contributed by atoms with Gasteiger partial charge in [0.1, 0.15) is 0 Å². The van der Waals surface area contributed by atoms with Crippen molar-refractivity contribution in [1.82, 2.24) is 5.32 Å². The molecule has 0 bridgehead atoms. The van der Waals surface area contributed by atoms with Crippen molar-refractivity contribution in [2.45, 2.75) is 84.0 Å². The third-order valence-corrected chi connectivity index (χ3v) is 3.99. The number of hydrogen-bond acceptors (Lipinski definition) is 1. The van der Waals surface area contributed by atoms with Crippen LogP contribution < -0.4 is 5.32 Å². The molecule has 1 saturated heterocycles. The zero-order valence-corrected chi connectivity index (χ0v) is 12.5. The van der Waals surface area contributed by atoms with Crippen LogP contribution in [0.4, 0.5) is 0 Å². The molecule has 1 heteroatoms. The van der Waals surface area contributed by atoms with Crippen LogP contribution in [0.25, 0.3) is 0 Å². The van der Waals surface area contributed by atoms with E-state index in [4.69, 9.17) is 0 Å². The topological polar surface area (TPSA) is 12.0 Å². The van der Waals surface area contributed by atoms with E-state index in [1.807, 2.05) is 0 Å². The molecule has 0 unspecified atom stereocenters. The number of piperidine rings is 1. The van der Waals surface area contributed by atoms with Crippen LogP contribution >= 0.6 is 0 Å². The highest BCUT2D eigenvalue weighted by atomic mass is 14.9. The SMILES string of the molecule is CCCCCCCCCCCC=C1CCNCC1. The molecule has 1 fully saturated rings. The lowest BCUT2D eigenvalue weighted by molar-refractivity contribution is 0.564. The summed E-state index contributed by atoms with van der Waals surface area (Å²) in [6.45, 7) is 4.68. The van der Waals surface area contributed by atoms with Crippen molar-refractivity contribution in [1.29, 1.82) is 0 Å². The van der Waals surface area contributed by atoms with Gasteiger partial charge in [0.15, 0.2) is 0 Å². The Morgan fingerprint density at radius 1 is 0.833 bits per heavy atom. The Kier molecular flexibility index (Phi) is 10.3. The van der Waals surface area contributed by atoms with Gasteiger partial charge in [0.2, 0.25) is 0 Å². The molecular formula is C17H33N. The lowest BCUT2D eigenvalue weighted by Gasteiger charge is -2.15. The van der Waals surface area contributed by atoms with Gasteiger partial charge in [-0.15, -0.1) is 0 Å². The van der Waals surface area contributed by atoms with Crippen molar-refractivity contribution in [3.05, 3.63) is 11.6 Å². The Morgan fingerprint density at radius 2 is 1.39 bits per heavy atom. The molecule has 0 aromatic heterocycles. The van der Waals surface area contributed by atoms with E-state index in [1.165, 1.54) is 90.1 Å². The number of hydrogen-bond donors (Lipinski definition) is 1. The van der Waals surface area contributed by atoms with Gasteiger partial charge in [-0.25, -0.2) is 0 Å². The molecule has 0 spiro atoms. The van der Waals surface area contributed by atoms with E-state index in [0.717, 1.165) is 0 Å². The Hall–Kier alpha value is -0.300. The average molecular weight is 251 g/mol. The van der Waals surface area contributed by atoms with Crippen LogP contribution in [0.15, 0.2) is 11.6 Å². The Balaban J connectivity index is 1.80. The molecule has 106 valence electrons. The fourth-order valence-corrected chi connectivity index (χ4v) is 2.71. The monoisotopic (exact) mass is 251 g/mol. The van der Waals surface area contributed by atoms with Crippen LogP contribution in [-0.2, 0) is 0 Å². The third kappa shape index (κ3) is 8.74. The quantitative estimate of drug-likeness (QED) is 0.415. The minimum Gasteiger partial charge on any atom is -0.316 e. The van der Waals surface area contributed by atoms with E-state index in [1.54, 1.807) is 5.57 Å². The van der Waals surface area contributed by atoms with Gasteiger partial charge < -0.3 is 5.32 Å². The summed E-state index contributed by atoms with van der Waals surface area (Å²) >= 11 is 0. The first kappa shape index (κ1) is 15.8. The molecular weight excluding hydrogens is 218 g/mol. The first-order chi connectivity index (χ1) is 8.93. The van der Waals surface area contributed by atoms with E-state index < -0.39 is 0 Å². The second-order valence-corrected chi connectivity index (χ2v) is 5.73. The number of unbranched alkanes of at least 4 members (excludes halogenated alkanes) is 9. The largest absolute Gasteiger partial charge is 0.316 e. The molecule has 0 amide bonds. The van der Waals surface area contributed by atoms with Gasteiger partial charge in [0.05, 0.1) is 0 Å². The van der Waals surface area contributed by atoms with Crippen LogP contribution in [0, 0.1) is 0 Å². The molecule has 0 aromatic rings. The molecule has 1 N–H and O–H groups in total. The summed E-state index contributed by atoms with van der Waals surface area (Å²) in [5.41, 5.74) is 1.70. The van der Waals surface area contributed by atoms with Crippen LogP contribution in [-0.4, -0.2) is 13.1 Å². The van der Waals surface area contributed by atoms with Gasteiger partial charge in [-0.05, 0) is 38.8 Å². The summed E-state index contributed by atoms with van der Waals surface area (Å²) in [4.78, 5) is 0. The first-order valence-electron chi connectivity index (χ1n) is 8.32. The molecule has 1 aliphatic rings. The minimum absolute atomic E-state index is 1.20. The van der Waals surface area contributed by atoms with E-state index >= 15 is 0 Å². The van der Waals surface area contributed by atoms with E-state index in [-0.39, 0.29) is 0 Å². The van der Waals surface area contributed by atoms with E-state index in [2.05, 4.69) is 18.3 Å². The maximum absolute atomic E-state index is 3.41. The summed E-state index contributed by atoms with van der Waals surface area (Å²) < 4.78 is 0. The molecule has 1 rings (SSSR count). The summed E-state index contributed by atoms with van der Waals surface area (Å²) in [5, 5.41) is 3.41. The standard InChI is InChI=1S/C17H33N/c1-2-3-4-5-6-7-8-9-10-11-12-17-13-15-18-16-14-17/h12,18H,2-11,13-16H2,1H3. The molecule has 0 atom stereocenters. The number of nitrogens with one attached hydrogen (secondary N) is 1.